The van der Waals surface area contributed by atoms with Crippen LogP contribution in [-0.2, 0) is 33.7 Å². The maximum absolute atomic E-state index is 12.6. The molecule has 0 amide bonds. The average Bonchev–Trinajstić information content (AvgIpc) is 3.11. The minimum Gasteiger partial charge on any atom is -0.519 e. The number of aromatic amines is 1. The predicted molar refractivity (Wildman–Crippen MR) is 114 cm³/mol. The number of imidazole rings is 1. The van der Waals surface area contributed by atoms with Crippen molar-refractivity contribution in [2.24, 2.45) is 0 Å². The van der Waals surface area contributed by atoms with E-state index in [0.29, 0.717) is 17.9 Å². The van der Waals surface area contributed by atoms with Crippen molar-refractivity contribution >= 4 is 0 Å². The van der Waals surface area contributed by atoms with Gasteiger partial charge in [0.1, 0.15) is 5.69 Å². The van der Waals surface area contributed by atoms with Gasteiger partial charge in [-0.05, 0) is 11.8 Å². The fourth-order valence-electron chi connectivity index (χ4n) is 2.97. The minimum absolute atomic E-state index is 0. The first-order valence-corrected chi connectivity index (χ1v) is 9.33. The zero-order valence-corrected chi connectivity index (χ0v) is 20.5. The Kier molecular flexibility index (Phi) is 7.73. The van der Waals surface area contributed by atoms with Crippen molar-refractivity contribution in [3.05, 3.63) is 131 Å². The van der Waals surface area contributed by atoms with Gasteiger partial charge in [0.05, 0.1) is 5.82 Å². The number of fused-ring (bicyclic) bond motifs is 1. The Labute approximate surface area is 195 Å². The normalized spacial score (nSPS) is 10.0. The van der Waals surface area contributed by atoms with Crippen molar-refractivity contribution in [2.75, 3.05) is 0 Å². The van der Waals surface area contributed by atoms with E-state index in [1.807, 2.05) is 91.0 Å². The van der Waals surface area contributed by atoms with Gasteiger partial charge in [0.15, 0.2) is 0 Å². The number of aromatic nitrogens is 3. The molecule has 0 unspecified atom stereocenters. The molecule has 1 N–H and O–H groups in total. The maximum atomic E-state index is 12.6. The number of benzene rings is 3. The van der Waals surface area contributed by atoms with Crippen molar-refractivity contribution < 1.29 is 27.3 Å². The summed E-state index contributed by atoms with van der Waals surface area (Å²) in [5, 5.41) is 0. The molecule has 0 spiro atoms. The van der Waals surface area contributed by atoms with Crippen LogP contribution in [0.2, 0.25) is 0 Å². The third-order valence-electron chi connectivity index (χ3n) is 4.41. The molecule has 0 saturated carbocycles. The third kappa shape index (κ3) is 5.33. The Bertz CT molecular complexity index is 1160. The second-order valence-electron chi connectivity index (χ2n) is 6.46. The molecule has 0 atom stereocenters. The summed E-state index contributed by atoms with van der Waals surface area (Å²) in [6.45, 7) is 0. The average molecular weight is 490 g/mol. The molecule has 2 aliphatic rings. The van der Waals surface area contributed by atoms with Gasteiger partial charge in [-0.25, -0.2) is 4.98 Å². The van der Waals surface area contributed by atoms with Gasteiger partial charge in [-0.3, -0.25) is 9.36 Å². The van der Waals surface area contributed by atoms with Crippen LogP contribution in [0.3, 0.4) is 0 Å². The van der Waals surface area contributed by atoms with Crippen LogP contribution in [-0.4, -0.2) is 14.5 Å². The second-order valence-corrected chi connectivity index (χ2v) is 6.46. The van der Waals surface area contributed by atoms with Gasteiger partial charge >= 0.3 is 27.3 Å². The number of hydrogen-bond donors (Lipinski definition) is 1. The van der Waals surface area contributed by atoms with Crippen LogP contribution >= 0.6 is 0 Å². The molecular weight excluding hydrogens is 471 g/mol. The first kappa shape index (κ1) is 21.7. The Hall–Kier alpha value is -3.00. The van der Waals surface area contributed by atoms with E-state index >= 15 is 0 Å². The van der Waals surface area contributed by atoms with Gasteiger partial charge in [0, 0.05) is 6.42 Å². The summed E-state index contributed by atoms with van der Waals surface area (Å²) in [4.78, 5) is 20.1. The first-order valence-electron chi connectivity index (χ1n) is 9.33. The summed E-state index contributed by atoms with van der Waals surface area (Å²) in [5.74, 6) is 0.514. The van der Waals surface area contributed by atoms with Gasteiger partial charge in [-0.15, -0.1) is 6.20 Å². The van der Waals surface area contributed by atoms with Crippen LogP contribution in [0.5, 0.6) is 0 Å². The first-order chi connectivity index (χ1) is 14.3. The molecule has 0 fully saturated rings. The molecule has 3 aromatic carbocycles. The van der Waals surface area contributed by atoms with E-state index < -0.39 is 0 Å². The summed E-state index contributed by atoms with van der Waals surface area (Å²) in [6.07, 6.45) is 5.30. The summed E-state index contributed by atoms with van der Waals surface area (Å²) in [6, 6.07) is 32.2. The van der Waals surface area contributed by atoms with E-state index in [1.54, 1.807) is 10.8 Å². The van der Waals surface area contributed by atoms with E-state index in [1.165, 1.54) is 0 Å². The molecule has 0 aromatic heterocycles. The molecule has 0 radical (unpaired) electrons. The molecule has 5 heteroatoms. The number of nitrogens with zero attached hydrogens (tertiary/aromatic N) is 2. The number of nitrogens with one attached hydrogen (secondary N) is 1. The van der Waals surface area contributed by atoms with Gasteiger partial charge in [-0.2, -0.15) is 36.4 Å². The predicted octanol–water partition coefficient (Wildman–Crippen LogP) is 4.54. The van der Waals surface area contributed by atoms with Crippen molar-refractivity contribution in [3.63, 3.8) is 0 Å². The summed E-state index contributed by atoms with van der Waals surface area (Å²) >= 11 is 0. The molecule has 2 aliphatic heterocycles. The number of rotatable bonds is 3. The largest absolute Gasteiger partial charge is 2.00 e. The third-order valence-corrected chi connectivity index (χ3v) is 4.41. The van der Waals surface area contributed by atoms with Crippen LogP contribution in [0.15, 0.2) is 102 Å². The van der Waals surface area contributed by atoms with E-state index in [0.717, 1.165) is 16.8 Å². The Morgan fingerprint density at radius 3 is 2.10 bits per heavy atom. The summed E-state index contributed by atoms with van der Waals surface area (Å²) in [7, 11) is 0. The fraction of sp³-hybridized carbons (Fsp3) is 0.0400. The molecule has 30 heavy (non-hydrogen) atoms. The van der Waals surface area contributed by atoms with Crippen molar-refractivity contribution in [2.45, 2.75) is 6.42 Å². The minimum atomic E-state index is -0.0914. The number of H-pyrrole nitrogens is 1. The zero-order chi connectivity index (χ0) is 19.9. The van der Waals surface area contributed by atoms with E-state index in [4.69, 9.17) is 0 Å². The molecule has 0 saturated heterocycles. The Morgan fingerprint density at radius 1 is 0.867 bits per heavy atom. The van der Waals surface area contributed by atoms with Gasteiger partial charge < -0.3 is 4.98 Å². The van der Waals surface area contributed by atoms with Gasteiger partial charge in [-0.1, -0.05) is 71.9 Å². The zero-order valence-electron chi connectivity index (χ0n) is 16.5. The molecule has 0 bridgehead atoms. The Balaban J connectivity index is 0.000000317. The van der Waals surface area contributed by atoms with E-state index in [2.05, 4.69) is 22.2 Å². The van der Waals surface area contributed by atoms with Crippen molar-refractivity contribution in [3.8, 4) is 17.1 Å². The van der Waals surface area contributed by atoms with Crippen molar-refractivity contribution in [1.82, 2.24) is 14.5 Å². The maximum Gasteiger partial charge on any atom is 2.00 e. The fourth-order valence-corrected chi connectivity index (χ4v) is 2.97. The smallest absolute Gasteiger partial charge is 0.519 e. The Morgan fingerprint density at radius 2 is 1.50 bits per heavy atom. The van der Waals surface area contributed by atoms with Crippen LogP contribution < -0.4 is 5.56 Å². The second kappa shape index (κ2) is 10.7. The van der Waals surface area contributed by atoms with Crippen LogP contribution in [0, 0.1) is 12.3 Å². The number of hydrogen-bond acceptors (Lipinski definition) is 2. The quantitative estimate of drug-likeness (QED) is 0.299. The summed E-state index contributed by atoms with van der Waals surface area (Å²) in [5.41, 5.74) is 3.35. The summed E-state index contributed by atoms with van der Waals surface area (Å²) < 4.78 is 1.55. The molecular formula is C25H19CdN3O. The van der Waals surface area contributed by atoms with Gasteiger partial charge in [0.2, 0.25) is 0 Å². The van der Waals surface area contributed by atoms with E-state index in [9.17, 15) is 4.79 Å². The topological polar surface area (TPSA) is 50.7 Å². The molecule has 3 aromatic rings. The molecule has 5 rings (SSSR count). The molecule has 0 aliphatic carbocycles. The van der Waals surface area contributed by atoms with Crippen LogP contribution in [0.25, 0.3) is 17.1 Å². The monoisotopic (exact) mass is 491 g/mol. The molecule has 142 valence electrons. The molecule has 2 heterocycles. The van der Waals surface area contributed by atoms with Gasteiger partial charge in [0.25, 0.3) is 5.56 Å². The SMILES string of the molecule is O=c1c(Cc2ccccc2)nc2[c-][nH]c(-c3ccccc3)cn1-2.[Cd+2].[c-]1ccccc1. The van der Waals surface area contributed by atoms with Crippen LogP contribution in [0.4, 0.5) is 0 Å². The standard InChI is InChI=1S/C19H14N3O.C6H5.Cd/c23-19-16(11-14-7-3-1-4-8-14)21-18-12-20-17(13-22(18)19)15-9-5-2-6-10-15;1-2-4-6-5-3-1;/h1-10,13,20H,11H2;1-5H;/q2*-1;+2. The molecule has 4 nitrogen and oxygen atoms in total. The van der Waals surface area contributed by atoms with E-state index in [-0.39, 0.29) is 32.9 Å². The van der Waals surface area contributed by atoms with Crippen molar-refractivity contribution in [1.29, 1.82) is 0 Å². The van der Waals surface area contributed by atoms with Crippen LogP contribution in [0.1, 0.15) is 11.3 Å².